The molecule has 0 spiro atoms. The van der Waals surface area contributed by atoms with Crippen molar-refractivity contribution in [3.8, 4) is 5.75 Å². The number of sulfonamides is 2. The van der Waals surface area contributed by atoms with Gasteiger partial charge in [-0.25, -0.2) is 16.8 Å². The molecule has 2 N–H and O–H groups in total. The molecule has 0 aliphatic heterocycles. The third kappa shape index (κ3) is 7.15. The Morgan fingerprint density at radius 3 is 2.14 bits per heavy atom. The highest BCUT2D eigenvalue weighted by molar-refractivity contribution is 7.92. The van der Waals surface area contributed by atoms with E-state index in [0.717, 1.165) is 10.6 Å². The van der Waals surface area contributed by atoms with Crippen molar-refractivity contribution in [2.24, 2.45) is 0 Å². The second-order valence-electron chi connectivity index (χ2n) is 8.24. The van der Waals surface area contributed by atoms with Gasteiger partial charge in [-0.2, -0.15) is 0 Å². The number of amides is 1. The minimum atomic E-state index is -3.88. The van der Waals surface area contributed by atoms with Crippen LogP contribution in [-0.2, 0) is 24.8 Å². The van der Waals surface area contributed by atoms with E-state index in [0.29, 0.717) is 40.0 Å². The number of benzene rings is 3. The zero-order valence-electron chi connectivity index (χ0n) is 20.7. The zero-order chi connectivity index (χ0) is 27.4. The predicted octanol–water partition coefficient (Wildman–Crippen LogP) is 4.64. The predicted molar refractivity (Wildman–Crippen MR) is 146 cm³/mol. The van der Waals surface area contributed by atoms with Crippen LogP contribution in [-0.4, -0.2) is 41.6 Å². The van der Waals surface area contributed by atoms with E-state index in [-0.39, 0.29) is 4.90 Å². The first kappa shape index (κ1) is 28.3. The van der Waals surface area contributed by atoms with Crippen molar-refractivity contribution in [2.75, 3.05) is 27.2 Å². The summed E-state index contributed by atoms with van der Waals surface area (Å²) in [6, 6.07) is 15.7. The van der Waals surface area contributed by atoms with Crippen molar-refractivity contribution in [3.63, 3.8) is 0 Å². The zero-order valence-corrected chi connectivity index (χ0v) is 23.1. The number of carbonyl (C=O) groups is 1. The molecule has 1 atom stereocenters. The monoisotopic (exact) mass is 565 g/mol. The first-order valence-corrected chi connectivity index (χ1v) is 14.9. The molecular formula is C25H28ClN3O6S2. The average Bonchev–Trinajstić information content (AvgIpc) is 2.82. The van der Waals surface area contributed by atoms with Crippen LogP contribution < -0.4 is 19.1 Å². The molecule has 1 amide bonds. The normalized spacial score (nSPS) is 12.5. The molecule has 0 aliphatic carbocycles. The fourth-order valence-corrected chi connectivity index (χ4v) is 6.01. The lowest BCUT2D eigenvalue weighted by molar-refractivity contribution is -0.116. The van der Waals surface area contributed by atoms with Gasteiger partial charge in [-0.05, 0) is 87.0 Å². The van der Waals surface area contributed by atoms with Crippen LogP contribution in [0, 0.1) is 6.92 Å². The lowest BCUT2D eigenvalue weighted by atomic mass is 10.1. The largest absolute Gasteiger partial charge is 0.494 e. The third-order valence-electron chi connectivity index (χ3n) is 5.35. The number of aryl methyl sites for hydroxylation is 1. The summed E-state index contributed by atoms with van der Waals surface area (Å²) in [4.78, 5) is 13.0. The van der Waals surface area contributed by atoms with Gasteiger partial charge in [0.15, 0.2) is 0 Å². The Balaban J connectivity index is 1.75. The Morgan fingerprint density at radius 1 is 0.973 bits per heavy atom. The molecule has 0 heterocycles. The fourth-order valence-electron chi connectivity index (χ4n) is 3.57. The van der Waals surface area contributed by atoms with Gasteiger partial charge in [0.25, 0.3) is 10.0 Å². The van der Waals surface area contributed by atoms with Gasteiger partial charge in [0.1, 0.15) is 11.8 Å². The summed E-state index contributed by atoms with van der Waals surface area (Å²) in [6.45, 7) is 5.52. The number of nitrogens with zero attached hydrogens (tertiary/aromatic N) is 1. The molecule has 0 radical (unpaired) electrons. The Kier molecular flexibility index (Phi) is 8.72. The highest BCUT2D eigenvalue weighted by atomic mass is 35.5. The first-order valence-electron chi connectivity index (χ1n) is 11.2. The van der Waals surface area contributed by atoms with E-state index in [1.54, 1.807) is 43.3 Å². The van der Waals surface area contributed by atoms with Gasteiger partial charge >= 0.3 is 0 Å². The maximum atomic E-state index is 13.0. The topological polar surface area (TPSA) is 122 Å². The van der Waals surface area contributed by atoms with Crippen molar-refractivity contribution in [1.29, 1.82) is 0 Å². The first-order chi connectivity index (χ1) is 17.3. The Bertz CT molecular complexity index is 1480. The number of hydrogen-bond acceptors (Lipinski definition) is 6. The summed E-state index contributed by atoms with van der Waals surface area (Å²) in [5.74, 6) is 0.0210. The minimum Gasteiger partial charge on any atom is -0.494 e. The molecule has 3 rings (SSSR count). The van der Waals surface area contributed by atoms with Gasteiger partial charge in [0, 0.05) is 16.4 Å². The summed E-state index contributed by atoms with van der Waals surface area (Å²) in [5.41, 5.74) is 1.59. The minimum absolute atomic E-state index is 0.0141. The Morgan fingerprint density at radius 2 is 1.57 bits per heavy atom. The van der Waals surface area contributed by atoms with Crippen molar-refractivity contribution < 1.29 is 26.4 Å². The molecule has 198 valence electrons. The highest BCUT2D eigenvalue weighted by Crippen LogP contribution is 2.29. The van der Waals surface area contributed by atoms with Gasteiger partial charge in [0.05, 0.1) is 23.4 Å². The highest BCUT2D eigenvalue weighted by Gasteiger charge is 2.30. The van der Waals surface area contributed by atoms with Crippen LogP contribution in [0.4, 0.5) is 17.1 Å². The lowest BCUT2D eigenvalue weighted by Crippen LogP contribution is -2.45. The second kappa shape index (κ2) is 11.4. The number of hydrogen-bond donors (Lipinski definition) is 2. The van der Waals surface area contributed by atoms with E-state index in [1.165, 1.54) is 37.3 Å². The van der Waals surface area contributed by atoms with E-state index in [2.05, 4.69) is 10.0 Å². The molecule has 0 bridgehead atoms. The van der Waals surface area contributed by atoms with Crippen LogP contribution in [0.1, 0.15) is 19.4 Å². The number of nitrogens with one attached hydrogen (secondary N) is 2. The van der Waals surface area contributed by atoms with Crippen molar-refractivity contribution >= 4 is 54.6 Å². The number of anilines is 3. The number of ether oxygens (including phenoxy) is 1. The van der Waals surface area contributed by atoms with Crippen LogP contribution in [0.15, 0.2) is 71.6 Å². The summed E-state index contributed by atoms with van der Waals surface area (Å²) >= 11 is 6.07. The fraction of sp³-hybridized carbons (Fsp3) is 0.240. The molecule has 0 saturated heterocycles. The van der Waals surface area contributed by atoms with Crippen molar-refractivity contribution in [2.45, 2.75) is 31.7 Å². The van der Waals surface area contributed by atoms with Gasteiger partial charge in [0.2, 0.25) is 15.9 Å². The third-order valence-corrected chi connectivity index (χ3v) is 8.21. The molecule has 0 saturated carbocycles. The maximum Gasteiger partial charge on any atom is 0.261 e. The number of halogens is 1. The molecule has 3 aromatic rings. The van der Waals surface area contributed by atoms with Crippen LogP contribution in [0.5, 0.6) is 5.75 Å². The van der Waals surface area contributed by atoms with E-state index >= 15 is 0 Å². The van der Waals surface area contributed by atoms with Gasteiger partial charge < -0.3 is 10.1 Å². The summed E-state index contributed by atoms with van der Waals surface area (Å²) < 4.78 is 59.5. The standard InChI is InChI=1S/C25H28ClN3O6S2/c1-5-35-22-12-8-21(9-13-22)28-37(33,34)23-14-10-20(11-15-23)27-25(30)18(3)29(36(4,31)32)24-16-19(26)7-6-17(24)2/h6-16,18,28H,5H2,1-4H3,(H,27,30)/t18-/m1/s1. The Labute approximate surface area is 222 Å². The van der Waals surface area contributed by atoms with Gasteiger partial charge in [-0.1, -0.05) is 17.7 Å². The van der Waals surface area contributed by atoms with Gasteiger partial charge in [-0.15, -0.1) is 0 Å². The number of carbonyl (C=O) groups excluding carboxylic acids is 1. The van der Waals surface area contributed by atoms with E-state index in [1.807, 2.05) is 6.92 Å². The van der Waals surface area contributed by atoms with Crippen LogP contribution >= 0.6 is 11.6 Å². The lowest BCUT2D eigenvalue weighted by Gasteiger charge is -2.29. The van der Waals surface area contributed by atoms with Crippen molar-refractivity contribution in [1.82, 2.24) is 0 Å². The summed E-state index contributed by atoms with van der Waals surface area (Å²) in [7, 11) is -7.72. The molecule has 0 fully saturated rings. The molecule has 0 aromatic heterocycles. The molecule has 9 nitrogen and oxygen atoms in total. The van der Waals surface area contributed by atoms with E-state index < -0.39 is 32.0 Å². The second-order valence-corrected chi connectivity index (χ2v) is 12.2. The quantitative estimate of drug-likeness (QED) is 0.369. The maximum absolute atomic E-state index is 13.0. The van der Waals surface area contributed by atoms with Crippen LogP contribution in [0.3, 0.4) is 0 Å². The molecule has 37 heavy (non-hydrogen) atoms. The van der Waals surface area contributed by atoms with Crippen LogP contribution in [0.25, 0.3) is 0 Å². The van der Waals surface area contributed by atoms with E-state index in [9.17, 15) is 21.6 Å². The Hall–Kier alpha value is -3.28. The molecule has 0 unspecified atom stereocenters. The molecule has 0 aliphatic rings. The van der Waals surface area contributed by atoms with Crippen LogP contribution in [0.2, 0.25) is 5.02 Å². The summed E-state index contributed by atoms with van der Waals surface area (Å²) in [5, 5.41) is 2.97. The smallest absolute Gasteiger partial charge is 0.261 e. The SMILES string of the molecule is CCOc1ccc(NS(=O)(=O)c2ccc(NC(=O)[C@@H](C)N(c3cc(Cl)ccc3C)S(C)(=O)=O)cc2)cc1. The molecule has 3 aromatic carbocycles. The van der Waals surface area contributed by atoms with Crippen molar-refractivity contribution in [3.05, 3.63) is 77.3 Å². The van der Waals surface area contributed by atoms with E-state index in [4.69, 9.17) is 16.3 Å². The van der Waals surface area contributed by atoms with Gasteiger partial charge in [-0.3, -0.25) is 13.8 Å². The molecule has 12 heteroatoms. The average molecular weight is 566 g/mol. The summed E-state index contributed by atoms with van der Waals surface area (Å²) in [6.07, 6.45) is 1.01. The number of rotatable bonds is 10. The molecular weight excluding hydrogens is 538 g/mol.